The minimum atomic E-state index is -3.74. The Hall–Kier alpha value is -0.900. The maximum Gasteiger partial charge on any atom is 0.267 e. The molecule has 90 valence electrons. The zero-order chi connectivity index (χ0) is 12.0. The number of hydrogen-bond acceptors (Lipinski definition) is 6. The summed E-state index contributed by atoms with van der Waals surface area (Å²) in [6.45, 7) is 0. The number of fused-ring (bicyclic) bond motifs is 1. The van der Waals surface area contributed by atoms with Gasteiger partial charge in [-0.05, 0) is 11.8 Å². The maximum absolute atomic E-state index is 11.1. The van der Waals surface area contributed by atoms with E-state index >= 15 is 0 Å². The maximum atomic E-state index is 11.1. The van der Waals surface area contributed by atoms with Crippen LogP contribution in [0.3, 0.4) is 0 Å². The Labute approximate surface area is 106 Å². The highest BCUT2D eigenvalue weighted by Gasteiger charge is 2.21. The van der Waals surface area contributed by atoms with Crippen LogP contribution >= 0.6 is 23.1 Å². The molecule has 3 heterocycles. The Morgan fingerprint density at radius 3 is 2.94 bits per heavy atom. The quantitative estimate of drug-likeness (QED) is 0.894. The lowest BCUT2D eigenvalue weighted by atomic mass is 10.2. The molecule has 3 rings (SSSR count). The molecule has 2 aromatic rings. The summed E-state index contributed by atoms with van der Waals surface area (Å²) < 4.78 is 23.6. The number of rotatable bonds is 2. The first kappa shape index (κ1) is 11.2. The van der Waals surface area contributed by atoms with Gasteiger partial charge in [-0.3, -0.25) is 0 Å². The molecule has 17 heavy (non-hydrogen) atoms. The highest BCUT2D eigenvalue weighted by molar-refractivity contribution is 8.02. The fourth-order valence-corrected chi connectivity index (χ4v) is 3.94. The van der Waals surface area contributed by atoms with E-state index in [1.807, 2.05) is 5.41 Å². The normalized spacial score (nSPS) is 20.4. The third kappa shape index (κ3) is 1.99. The Morgan fingerprint density at radius 1 is 1.53 bits per heavy atom. The van der Waals surface area contributed by atoms with Gasteiger partial charge in [-0.25, -0.2) is 23.1 Å². The van der Waals surface area contributed by atoms with E-state index in [-0.39, 0.29) is 4.34 Å². The average molecular weight is 288 g/mol. The molecule has 0 spiro atoms. The van der Waals surface area contributed by atoms with Crippen LogP contribution in [0, 0.1) is 0 Å². The van der Waals surface area contributed by atoms with Crippen LogP contribution in [-0.4, -0.2) is 23.0 Å². The van der Waals surface area contributed by atoms with Crippen LogP contribution in [0.4, 0.5) is 0 Å². The van der Waals surface area contributed by atoms with Crippen molar-refractivity contribution in [1.82, 2.24) is 14.6 Å². The van der Waals surface area contributed by atoms with E-state index in [0.29, 0.717) is 10.2 Å². The number of sulfonamides is 1. The lowest BCUT2D eigenvalue weighted by Gasteiger charge is -2.01. The predicted molar refractivity (Wildman–Crippen MR) is 66.3 cm³/mol. The van der Waals surface area contributed by atoms with Crippen molar-refractivity contribution in [1.29, 1.82) is 0 Å². The zero-order valence-corrected chi connectivity index (χ0v) is 10.9. The van der Waals surface area contributed by atoms with Crippen molar-refractivity contribution in [2.24, 2.45) is 5.14 Å². The molecule has 6 nitrogen and oxygen atoms in total. The third-order valence-electron chi connectivity index (χ3n) is 2.31. The van der Waals surface area contributed by atoms with Gasteiger partial charge in [-0.1, -0.05) is 17.4 Å². The van der Waals surface area contributed by atoms with Gasteiger partial charge >= 0.3 is 0 Å². The highest BCUT2D eigenvalue weighted by Crippen LogP contribution is 2.38. The van der Waals surface area contributed by atoms with E-state index in [1.165, 1.54) is 4.52 Å². The molecule has 1 aliphatic rings. The minimum Gasteiger partial charge on any atom is -0.223 e. The molecule has 0 aliphatic carbocycles. The summed E-state index contributed by atoms with van der Waals surface area (Å²) in [4.78, 5) is 4.92. The molecule has 0 saturated carbocycles. The van der Waals surface area contributed by atoms with Crippen LogP contribution in [0.1, 0.15) is 17.4 Å². The Balaban J connectivity index is 2.02. The van der Waals surface area contributed by atoms with Crippen molar-refractivity contribution in [3.8, 4) is 0 Å². The first-order valence-corrected chi connectivity index (χ1v) is 8.04. The van der Waals surface area contributed by atoms with Crippen LogP contribution in [0.15, 0.2) is 22.0 Å². The number of allylic oxidation sites excluding steroid dienone is 1. The molecule has 0 radical (unpaired) electrons. The molecule has 1 unspecified atom stereocenters. The van der Waals surface area contributed by atoms with E-state index < -0.39 is 10.0 Å². The number of imidazole rings is 1. The van der Waals surface area contributed by atoms with Crippen LogP contribution < -0.4 is 5.14 Å². The number of aromatic nitrogens is 3. The van der Waals surface area contributed by atoms with Gasteiger partial charge in [0.25, 0.3) is 10.0 Å². The van der Waals surface area contributed by atoms with Crippen LogP contribution in [0.25, 0.3) is 4.96 Å². The molecule has 2 N–H and O–H groups in total. The second kappa shape index (κ2) is 3.80. The largest absolute Gasteiger partial charge is 0.267 e. The van der Waals surface area contributed by atoms with E-state index in [9.17, 15) is 8.42 Å². The fourth-order valence-electron chi connectivity index (χ4n) is 1.54. The van der Waals surface area contributed by atoms with Crippen molar-refractivity contribution in [2.75, 3.05) is 0 Å². The van der Waals surface area contributed by atoms with Gasteiger partial charge in [-0.2, -0.15) is 0 Å². The number of hydrogen-bond donors (Lipinski definition) is 1. The summed E-state index contributed by atoms with van der Waals surface area (Å²) in [6.07, 6.45) is 4.79. The van der Waals surface area contributed by atoms with E-state index in [0.717, 1.165) is 23.5 Å². The Bertz CT molecular complexity index is 660. The molecular formula is C8H8N4O2S3. The molecule has 9 heteroatoms. The van der Waals surface area contributed by atoms with Gasteiger partial charge < -0.3 is 0 Å². The second-order valence-electron chi connectivity index (χ2n) is 3.54. The molecule has 0 fully saturated rings. The smallest absolute Gasteiger partial charge is 0.223 e. The molecule has 1 aliphatic heterocycles. The second-order valence-corrected chi connectivity index (χ2v) is 7.34. The van der Waals surface area contributed by atoms with Gasteiger partial charge in [0.05, 0.1) is 17.1 Å². The number of nitrogens with zero attached hydrogens (tertiary/aromatic N) is 3. The highest BCUT2D eigenvalue weighted by atomic mass is 32.2. The minimum absolute atomic E-state index is 0.108. The van der Waals surface area contributed by atoms with Crippen LogP contribution in [0.5, 0.6) is 0 Å². The summed E-state index contributed by atoms with van der Waals surface area (Å²) in [6, 6.07) is 0. The summed E-state index contributed by atoms with van der Waals surface area (Å²) in [5.74, 6) is 0. The topological polar surface area (TPSA) is 90.4 Å². The summed E-state index contributed by atoms with van der Waals surface area (Å²) >= 11 is 2.68. The van der Waals surface area contributed by atoms with E-state index in [2.05, 4.69) is 16.2 Å². The molecule has 0 amide bonds. The zero-order valence-electron chi connectivity index (χ0n) is 8.48. The monoisotopic (exact) mass is 288 g/mol. The summed E-state index contributed by atoms with van der Waals surface area (Å²) in [5.41, 5.74) is 0.916. The van der Waals surface area contributed by atoms with Crippen molar-refractivity contribution in [3.63, 3.8) is 0 Å². The van der Waals surface area contributed by atoms with E-state index in [4.69, 9.17) is 5.14 Å². The van der Waals surface area contributed by atoms with Gasteiger partial charge in [0.1, 0.15) is 0 Å². The Kier molecular flexibility index (Phi) is 2.51. The summed E-state index contributed by atoms with van der Waals surface area (Å²) in [5, 5.41) is 11.3. The van der Waals surface area contributed by atoms with Crippen LogP contribution in [0.2, 0.25) is 0 Å². The van der Waals surface area contributed by atoms with Crippen molar-refractivity contribution in [2.45, 2.75) is 16.0 Å². The number of nitrogens with two attached hydrogens (primary N) is 1. The lowest BCUT2D eigenvalue weighted by molar-refractivity contribution is 0.595. The summed E-state index contributed by atoms with van der Waals surface area (Å²) in [7, 11) is -3.74. The van der Waals surface area contributed by atoms with Gasteiger partial charge in [-0.15, -0.1) is 16.9 Å². The predicted octanol–water partition coefficient (Wildman–Crippen LogP) is 1.13. The SMILES string of the molecule is NS(=O)(=O)c1nn2cc(C3CC=CS3)nc2s1. The molecule has 0 bridgehead atoms. The van der Waals surface area contributed by atoms with Crippen molar-refractivity contribution >= 4 is 38.1 Å². The first-order chi connectivity index (χ1) is 8.04. The standard InChI is InChI=1S/C8H8N4O2S3/c9-17(13,14)8-11-12-4-5(10-7(12)16-8)6-2-1-3-15-6/h1,3-4,6H,2H2,(H2,9,13,14). The van der Waals surface area contributed by atoms with Gasteiger partial charge in [0.2, 0.25) is 9.30 Å². The van der Waals surface area contributed by atoms with E-state index in [1.54, 1.807) is 18.0 Å². The fraction of sp³-hybridized carbons (Fsp3) is 0.250. The third-order valence-corrected chi connectivity index (χ3v) is 5.65. The molecule has 1 atom stereocenters. The van der Waals surface area contributed by atoms with Gasteiger partial charge in [0, 0.05) is 0 Å². The first-order valence-electron chi connectivity index (χ1n) is 4.73. The molecule has 0 saturated heterocycles. The number of thioether (sulfide) groups is 1. The van der Waals surface area contributed by atoms with Crippen LogP contribution in [-0.2, 0) is 10.0 Å². The average Bonchev–Trinajstić information content (AvgIpc) is 2.90. The lowest BCUT2D eigenvalue weighted by Crippen LogP contribution is -2.12. The van der Waals surface area contributed by atoms with Crippen molar-refractivity contribution in [3.05, 3.63) is 23.4 Å². The Morgan fingerprint density at radius 2 is 2.35 bits per heavy atom. The molecular weight excluding hydrogens is 280 g/mol. The van der Waals surface area contributed by atoms with Crippen molar-refractivity contribution < 1.29 is 8.42 Å². The molecule has 0 aromatic carbocycles. The number of primary sulfonamides is 1. The van der Waals surface area contributed by atoms with Gasteiger partial charge in [0.15, 0.2) is 0 Å². The molecule has 2 aromatic heterocycles.